The van der Waals surface area contributed by atoms with E-state index in [2.05, 4.69) is 16.3 Å². The minimum atomic E-state index is -0.0795. The lowest BCUT2D eigenvalue weighted by Crippen LogP contribution is -2.35. The maximum atomic E-state index is 12.7. The van der Waals surface area contributed by atoms with Crippen LogP contribution in [0.2, 0.25) is 0 Å². The van der Waals surface area contributed by atoms with Crippen molar-refractivity contribution >= 4 is 11.6 Å². The topological polar surface area (TPSA) is 50.8 Å². The van der Waals surface area contributed by atoms with Gasteiger partial charge in [-0.2, -0.15) is 0 Å². The van der Waals surface area contributed by atoms with Crippen LogP contribution in [0.3, 0.4) is 0 Å². The third-order valence-corrected chi connectivity index (χ3v) is 4.75. The molecule has 130 valence electrons. The van der Waals surface area contributed by atoms with E-state index < -0.39 is 0 Å². The first kappa shape index (κ1) is 16.3. The molecule has 1 N–H and O–H groups in total. The molecule has 2 aromatic carbocycles. The Kier molecular flexibility index (Phi) is 4.78. The molecule has 0 unspecified atom stereocenters. The Bertz CT molecular complexity index is 769. The molecule has 1 saturated heterocycles. The fourth-order valence-electron chi connectivity index (χ4n) is 3.29. The lowest BCUT2D eigenvalue weighted by atomic mass is 10.1. The van der Waals surface area contributed by atoms with Gasteiger partial charge in [-0.25, -0.2) is 0 Å². The zero-order valence-corrected chi connectivity index (χ0v) is 14.2. The normalized spacial score (nSPS) is 17.3. The van der Waals surface area contributed by atoms with Gasteiger partial charge in [0.1, 0.15) is 0 Å². The number of nitrogens with zero attached hydrogens (tertiary/aromatic N) is 1. The molecule has 5 heteroatoms. The molecular weight excluding hydrogens is 316 g/mol. The molecule has 0 saturated carbocycles. The largest absolute Gasteiger partial charge is 0.379 e. The Morgan fingerprint density at radius 2 is 1.80 bits per heavy atom. The highest BCUT2D eigenvalue weighted by molar-refractivity contribution is 6.04. The molecule has 0 spiro atoms. The number of nitrogens with one attached hydrogen (secondary N) is 1. The average Bonchev–Trinajstić information content (AvgIpc) is 3.12. The van der Waals surface area contributed by atoms with Crippen LogP contribution in [0.1, 0.15) is 27.0 Å². The summed E-state index contributed by atoms with van der Waals surface area (Å²) in [6, 6.07) is 13.8. The molecule has 0 radical (unpaired) electrons. The number of amides is 1. The van der Waals surface area contributed by atoms with Crippen molar-refractivity contribution in [3.05, 3.63) is 64.7 Å². The first-order chi connectivity index (χ1) is 12.3. The van der Waals surface area contributed by atoms with Gasteiger partial charge in [-0.1, -0.05) is 24.3 Å². The predicted molar refractivity (Wildman–Crippen MR) is 95.4 cm³/mol. The Hall–Kier alpha value is -2.21. The molecule has 25 heavy (non-hydrogen) atoms. The molecule has 5 nitrogen and oxygen atoms in total. The first-order valence-corrected chi connectivity index (χ1v) is 8.68. The molecule has 0 bridgehead atoms. The zero-order chi connectivity index (χ0) is 17.1. The van der Waals surface area contributed by atoms with E-state index in [1.165, 1.54) is 5.56 Å². The molecule has 2 aliphatic rings. The summed E-state index contributed by atoms with van der Waals surface area (Å²) in [5.41, 5.74) is 4.95. The second-order valence-electron chi connectivity index (χ2n) is 6.48. The third kappa shape index (κ3) is 3.74. The van der Waals surface area contributed by atoms with E-state index in [-0.39, 0.29) is 5.91 Å². The number of morpholine rings is 1. The molecule has 0 aliphatic carbocycles. The highest BCUT2D eigenvalue weighted by atomic mass is 16.5. The van der Waals surface area contributed by atoms with Crippen LogP contribution in [-0.4, -0.2) is 37.1 Å². The summed E-state index contributed by atoms with van der Waals surface area (Å²) in [4.78, 5) is 15.0. The number of rotatable bonds is 4. The molecule has 4 rings (SSSR count). The van der Waals surface area contributed by atoms with Crippen molar-refractivity contribution in [2.24, 2.45) is 0 Å². The van der Waals surface area contributed by atoms with Crippen molar-refractivity contribution < 1.29 is 14.3 Å². The number of para-hydroxylation sites is 1. The number of hydrogen-bond donors (Lipinski definition) is 1. The Morgan fingerprint density at radius 1 is 1.00 bits per heavy atom. The maximum Gasteiger partial charge on any atom is 0.255 e. The average molecular weight is 338 g/mol. The molecule has 2 aromatic rings. The van der Waals surface area contributed by atoms with Crippen molar-refractivity contribution in [1.29, 1.82) is 0 Å². The van der Waals surface area contributed by atoms with Gasteiger partial charge in [-0.15, -0.1) is 0 Å². The minimum Gasteiger partial charge on any atom is -0.379 e. The van der Waals surface area contributed by atoms with Gasteiger partial charge in [0, 0.05) is 30.9 Å². The Labute approximate surface area is 147 Å². The van der Waals surface area contributed by atoms with Crippen LogP contribution in [0.25, 0.3) is 0 Å². The molecule has 0 atom stereocenters. The smallest absolute Gasteiger partial charge is 0.255 e. The van der Waals surface area contributed by atoms with Crippen molar-refractivity contribution in [2.45, 2.75) is 19.8 Å². The number of hydrogen-bond acceptors (Lipinski definition) is 4. The van der Waals surface area contributed by atoms with E-state index in [1.54, 1.807) is 0 Å². The van der Waals surface area contributed by atoms with Crippen LogP contribution in [0.5, 0.6) is 0 Å². The van der Waals surface area contributed by atoms with Gasteiger partial charge in [-0.05, 0) is 34.9 Å². The van der Waals surface area contributed by atoms with Crippen molar-refractivity contribution in [3.8, 4) is 0 Å². The van der Waals surface area contributed by atoms with Crippen molar-refractivity contribution in [2.75, 3.05) is 31.6 Å². The van der Waals surface area contributed by atoms with Crippen LogP contribution < -0.4 is 5.32 Å². The summed E-state index contributed by atoms with van der Waals surface area (Å²) in [6.45, 7) is 5.43. The second-order valence-corrected chi connectivity index (χ2v) is 6.48. The summed E-state index contributed by atoms with van der Waals surface area (Å²) in [5, 5.41) is 3.07. The molecule has 1 fully saturated rings. The summed E-state index contributed by atoms with van der Waals surface area (Å²) >= 11 is 0. The van der Waals surface area contributed by atoms with Crippen LogP contribution in [0, 0.1) is 0 Å². The third-order valence-electron chi connectivity index (χ3n) is 4.75. The molecule has 2 heterocycles. The van der Waals surface area contributed by atoms with E-state index in [0.717, 1.165) is 49.7 Å². The van der Waals surface area contributed by atoms with Crippen LogP contribution in [-0.2, 0) is 29.2 Å². The second kappa shape index (κ2) is 7.35. The number of benzene rings is 2. The van der Waals surface area contributed by atoms with E-state index in [1.807, 2.05) is 36.4 Å². The van der Waals surface area contributed by atoms with Crippen LogP contribution >= 0.6 is 0 Å². The van der Waals surface area contributed by atoms with E-state index in [4.69, 9.17) is 9.47 Å². The molecule has 2 aliphatic heterocycles. The van der Waals surface area contributed by atoms with Crippen LogP contribution in [0.15, 0.2) is 42.5 Å². The van der Waals surface area contributed by atoms with Gasteiger partial charge >= 0.3 is 0 Å². The highest BCUT2D eigenvalue weighted by Gasteiger charge is 2.16. The number of ether oxygens (including phenoxy) is 2. The number of fused-ring (bicyclic) bond motifs is 1. The lowest BCUT2D eigenvalue weighted by molar-refractivity contribution is 0.0342. The van der Waals surface area contributed by atoms with Gasteiger partial charge in [-0.3, -0.25) is 9.69 Å². The first-order valence-electron chi connectivity index (χ1n) is 8.68. The number of anilines is 1. The fraction of sp³-hybridized carbons (Fsp3) is 0.350. The van der Waals surface area contributed by atoms with Gasteiger partial charge in [0.15, 0.2) is 0 Å². The standard InChI is InChI=1S/C20H22N2O3/c23-20(15-5-6-17-13-25-14-18(17)11-15)21-19-4-2-1-3-16(19)12-22-7-9-24-10-8-22/h1-6,11H,7-10,12-14H2,(H,21,23). The predicted octanol–water partition coefficient (Wildman–Crippen LogP) is 2.80. The number of carbonyl (C=O) groups is 1. The van der Waals surface area contributed by atoms with Crippen molar-refractivity contribution in [1.82, 2.24) is 4.90 Å². The molecule has 1 amide bonds. The van der Waals surface area contributed by atoms with Crippen LogP contribution in [0.4, 0.5) is 5.69 Å². The molecular formula is C20H22N2O3. The van der Waals surface area contributed by atoms with Gasteiger partial charge in [0.05, 0.1) is 26.4 Å². The quantitative estimate of drug-likeness (QED) is 0.931. The monoisotopic (exact) mass is 338 g/mol. The van der Waals surface area contributed by atoms with E-state index >= 15 is 0 Å². The summed E-state index contributed by atoms with van der Waals surface area (Å²) in [6.07, 6.45) is 0. The van der Waals surface area contributed by atoms with Gasteiger partial charge < -0.3 is 14.8 Å². The van der Waals surface area contributed by atoms with Gasteiger partial charge in [0.25, 0.3) is 5.91 Å². The van der Waals surface area contributed by atoms with Gasteiger partial charge in [0.2, 0.25) is 0 Å². The SMILES string of the molecule is O=C(Nc1ccccc1CN1CCOCC1)c1ccc2c(c1)COC2. The summed E-state index contributed by atoms with van der Waals surface area (Å²) in [7, 11) is 0. The summed E-state index contributed by atoms with van der Waals surface area (Å²) < 4.78 is 10.8. The molecule has 0 aromatic heterocycles. The van der Waals surface area contributed by atoms with E-state index in [0.29, 0.717) is 18.8 Å². The number of carbonyl (C=O) groups excluding carboxylic acids is 1. The van der Waals surface area contributed by atoms with Crippen molar-refractivity contribution in [3.63, 3.8) is 0 Å². The fourth-order valence-corrected chi connectivity index (χ4v) is 3.29. The Morgan fingerprint density at radius 3 is 2.68 bits per heavy atom. The Balaban J connectivity index is 1.49. The van der Waals surface area contributed by atoms with E-state index in [9.17, 15) is 4.79 Å². The minimum absolute atomic E-state index is 0.0795. The summed E-state index contributed by atoms with van der Waals surface area (Å²) in [5.74, 6) is -0.0795. The zero-order valence-electron chi connectivity index (χ0n) is 14.2. The maximum absolute atomic E-state index is 12.7. The lowest BCUT2D eigenvalue weighted by Gasteiger charge is -2.27. The highest BCUT2D eigenvalue weighted by Crippen LogP contribution is 2.23.